The number of fused-ring (bicyclic) bond motifs is 3. The van der Waals surface area contributed by atoms with Crippen LogP contribution in [0.1, 0.15) is 24.3 Å². The van der Waals surface area contributed by atoms with Crippen molar-refractivity contribution in [2.45, 2.75) is 20.3 Å². The van der Waals surface area contributed by atoms with E-state index in [9.17, 15) is 8.96 Å². The summed E-state index contributed by atoms with van der Waals surface area (Å²) in [4.78, 5) is 5.30. The van der Waals surface area contributed by atoms with Crippen LogP contribution in [0.3, 0.4) is 0 Å². The van der Waals surface area contributed by atoms with Crippen molar-refractivity contribution in [2.75, 3.05) is 19.6 Å². The zero-order valence-corrected chi connectivity index (χ0v) is 14.6. The van der Waals surface area contributed by atoms with Crippen molar-refractivity contribution in [3.63, 3.8) is 0 Å². The Balaban J connectivity index is 1.88. The number of halogens is 1. The first-order valence-corrected chi connectivity index (χ1v) is 9.93. The quantitative estimate of drug-likeness (QED) is 0.585. The molecule has 1 aromatic heterocycles. The molecule has 124 valence electrons. The monoisotopic (exact) mass is 357 g/mol. The van der Waals surface area contributed by atoms with Gasteiger partial charge in [-0.05, 0) is 26.0 Å². The van der Waals surface area contributed by atoms with Crippen molar-refractivity contribution in [3.05, 3.63) is 33.9 Å². The largest absolute Gasteiger partial charge is 0.480 e. The lowest BCUT2D eigenvalue weighted by Gasteiger charge is -2.18. The molecule has 0 saturated heterocycles. The van der Waals surface area contributed by atoms with Gasteiger partial charge in [0, 0.05) is 22.4 Å². The molecule has 5 nitrogen and oxygen atoms in total. The molecule has 0 atom stereocenters. The third kappa shape index (κ3) is 3.19. The number of hydrogen-bond donors (Lipinski definition) is 0. The third-order valence-electron chi connectivity index (χ3n) is 3.46. The maximum Gasteiger partial charge on any atom is 0.367 e. The fraction of sp³-hybridized carbons (Fsp3) is 0.400. The average molecular weight is 357 g/mol. The van der Waals surface area contributed by atoms with Crippen LogP contribution in [0, 0.1) is 5.82 Å². The minimum absolute atomic E-state index is 0.216. The molecule has 0 aliphatic heterocycles. The molecule has 2 aromatic rings. The van der Waals surface area contributed by atoms with E-state index in [1.54, 1.807) is 19.4 Å². The molecule has 0 saturated carbocycles. The van der Waals surface area contributed by atoms with Gasteiger partial charge in [-0.15, -0.1) is 11.3 Å². The van der Waals surface area contributed by atoms with Crippen molar-refractivity contribution in [1.82, 2.24) is 4.98 Å². The van der Waals surface area contributed by atoms with Gasteiger partial charge in [-0.2, -0.15) is 0 Å². The van der Waals surface area contributed by atoms with E-state index in [0.29, 0.717) is 23.3 Å². The van der Waals surface area contributed by atoms with Gasteiger partial charge in [0.1, 0.15) is 11.6 Å². The predicted octanol–water partition coefficient (Wildman–Crippen LogP) is 4.46. The highest BCUT2D eigenvalue weighted by Crippen LogP contribution is 2.50. The highest BCUT2D eigenvalue weighted by atomic mass is 32.1. The summed E-state index contributed by atoms with van der Waals surface area (Å²) in [5.74, 6) is 0.168. The Hall–Kier alpha value is -1.27. The van der Waals surface area contributed by atoms with Gasteiger partial charge in [-0.3, -0.25) is 4.57 Å². The molecule has 0 N–H and O–H groups in total. The molecular formula is C15H17FNO4PS. The summed E-state index contributed by atoms with van der Waals surface area (Å²) in [6.45, 7) is 4.00. The van der Waals surface area contributed by atoms with Gasteiger partial charge >= 0.3 is 7.60 Å². The van der Waals surface area contributed by atoms with Crippen molar-refractivity contribution in [3.8, 4) is 17.0 Å². The van der Waals surface area contributed by atoms with Crippen molar-refractivity contribution in [2.24, 2.45) is 0 Å². The van der Waals surface area contributed by atoms with E-state index in [4.69, 9.17) is 13.8 Å². The van der Waals surface area contributed by atoms with Crippen molar-refractivity contribution in [1.29, 1.82) is 0 Å². The molecule has 1 aliphatic carbocycles. The minimum atomic E-state index is -3.33. The van der Waals surface area contributed by atoms with Gasteiger partial charge in [0.15, 0.2) is 6.35 Å². The van der Waals surface area contributed by atoms with E-state index < -0.39 is 7.60 Å². The number of thiazole rings is 1. The molecule has 0 amide bonds. The Labute approximate surface area is 138 Å². The molecule has 0 radical (unpaired) electrons. The number of nitrogens with zero attached hydrogens (tertiary/aromatic N) is 1. The average Bonchev–Trinajstić information content (AvgIpc) is 3.09. The Morgan fingerprint density at radius 1 is 1.30 bits per heavy atom. The first-order chi connectivity index (χ1) is 11.1. The first kappa shape index (κ1) is 16.6. The number of hydrogen-bond acceptors (Lipinski definition) is 6. The fourth-order valence-electron chi connectivity index (χ4n) is 2.57. The van der Waals surface area contributed by atoms with Gasteiger partial charge in [0.05, 0.1) is 24.4 Å². The fourth-order valence-corrected chi connectivity index (χ4v) is 4.65. The van der Waals surface area contributed by atoms with E-state index in [0.717, 1.165) is 10.6 Å². The zero-order chi connectivity index (χ0) is 16.4. The normalized spacial score (nSPS) is 13.0. The molecule has 1 aliphatic rings. The Morgan fingerprint density at radius 2 is 2.04 bits per heavy atom. The lowest BCUT2D eigenvalue weighted by molar-refractivity contribution is 0.197. The Kier molecular flexibility index (Phi) is 4.82. The summed E-state index contributed by atoms with van der Waals surface area (Å²) in [5.41, 5.74) is 3.68. The Bertz CT molecular complexity index is 754. The Morgan fingerprint density at radius 3 is 2.74 bits per heavy atom. The van der Waals surface area contributed by atoms with Gasteiger partial charge in [0.25, 0.3) is 0 Å². The third-order valence-corrected chi connectivity index (χ3v) is 6.04. The van der Waals surface area contributed by atoms with E-state index in [1.165, 1.54) is 23.5 Å². The molecule has 3 rings (SSSR count). The smallest absolute Gasteiger partial charge is 0.367 e. The van der Waals surface area contributed by atoms with Crippen LogP contribution in [-0.4, -0.2) is 24.5 Å². The second-order valence-corrected chi connectivity index (χ2v) is 7.86. The van der Waals surface area contributed by atoms with Crippen molar-refractivity contribution < 1.29 is 22.7 Å². The standard InChI is InChI=1S/C15H17FNO4PS/c1-3-20-22(18,21-4-2)9-19-12-6-5-11(16)10-7-13-15(14(10)12)17-8-23-13/h5-6,8H,3-4,7,9H2,1-2H3. The summed E-state index contributed by atoms with van der Waals surface area (Å²) in [6.07, 6.45) is 0.291. The number of rotatable bonds is 7. The highest BCUT2D eigenvalue weighted by Gasteiger charge is 2.30. The lowest BCUT2D eigenvalue weighted by Crippen LogP contribution is -2.06. The van der Waals surface area contributed by atoms with Crippen LogP contribution in [0.15, 0.2) is 17.6 Å². The summed E-state index contributed by atoms with van der Waals surface area (Å²) in [7, 11) is -3.33. The van der Waals surface area contributed by atoms with Gasteiger partial charge in [-0.1, -0.05) is 0 Å². The number of aromatic nitrogens is 1. The summed E-state index contributed by atoms with van der Waals surface area (Å²) < 4.78 is 42.6. The number of ether oxygens (including phenoxy) is 1. The topological polar surface area (TPSA) is 57.7 Å². The van der Waals surface area contributed by atoms with E-state index in [1.807, 2.05) is 0 Å². The van der Waals surface area contributed by atoms with E-state index >= 15 is 0 Å². The SMILES string of the molecule is CCOP(=O)(COc1ccc(F)c2c1-c1ncsc1C2)OCC. The first-order valence-electron chi connectivity index (χ1n) is 7.33. The van der Waals surface area contributed by atoms with Crippen LogP contribution >= 0.6 is 18.9 Å². The van der Waals surface area contributed by atoms with Gasteiger partial charge in [-0.25, -0.2) is 9.37 Å². The van der Waals surface area contributed by atoms with Crippen LogP contribution in [-0.2, 0) is 20.0 Å². The second-order valence-electron chi connectivity index (χ2n) is 4.92. The lowest BCUT2D eigenvalue weighted by atomic mass is 10.1. The molecular weight excluding hydrogens is 340 g/mol. The molecule has 0 spiro atoms. The van der Waals surface area contributed by atoms with Gasteiger partial charge < -0.3 is 13.8 Å². The molecule has 23 heavy (non-hydrogen) atoms. The summed E-state index contributed by atoms with van der Waals surface area (Å²) in [5, 5.41) is 0. The molecule has 1 aromatic carbocycles. The zero-order valence-electron chi connectivity index (χ0n) is 12.9. The molecule has 0 bridgehead atoms. The molecule has 0 unspecified atom stereocenters. The predicted molar refractivity (Wildman–Crippen MR) is 86.7 cm³/mol. The number of benzene rings is 1. The highest BCUT2D eigenvalue weighted by molar-refractivity contribution is 7.53. The van der Waals surface area contributed by atoms with Crippen LogP contribution in [0.25, 0.3) is 11.3 Å². The van der Waals surface area contributed by atoms with Crippen LogP contribution < -0.4 is 4.74 Å². The van der Waals surface area contributed by atoms with E-state index in [2.05, 4.69) is 4.98 Å². The summed E-state index contributed by atoms with van der Waals surface area (Å²) >= 11 is 1.49. The molecule has 8 heteroatoms. The van der Waals surface area contributed by atoms with Crippen molar-refractivity contribution >= 4 is 18.9 Å². The van der Waals surface area contributed by atoms with Crippen LogP contribution in [0.2, 0.25) is 0 Å². The van der Waals surface area contributed by atoms with Gasteiger partial charge in [0.2, 0.25) is 0 Å². The van der Waals surface area contributed by atoms with Crippen LogP contribution in [0.5, 0.6) is 5.75 Å². The second kappa shape index (κ2) is 6.69. The van der Waals surface area contributed by atoms with Crippen LogP contribution in [0.4, 0.5) is 4.39 Å². The maximum atomic E-state index is 14.0. The van der Waals surface area contributed by atoms with E-state index in [-0.39, 0.29) is 25.4 Å². The minimum Gasteiger partial charge on any atom is -0.480 e. The maximum absolute atomic E-state index is 14.0. The molecule has 0 fully saturated rings. The summed E-state index contributed by atoms with van der Waals surface area (Å²) in [6, 6.07) is 2.89. The molecule has 1 heterocycles.